The van der Waals surface area contributed by atoms with Gasteiger partial charge in [-0.25, -0.2) is 0 Å². The van der Waals surface area contributed by atoms with Crippen LogP contribution in [0, 0.1) is 32.0 Å². The number of hydrogen-bond acceptors (Lipinski definition) is 10. The zero-order chi connectivity index (χ0) is 18.5. The van der Waals surface area contributed by atoms with Crippen LogP contribution in [0.15, 0.2) is 58.8 Å². The quantitative estimate of drug-likeness (QED) is 0.167. The molecule has 0 spiro atoms. The monoisotopic (exact) mass is 506 g/mol. The molecule has 2 rings (SSSR count). The molecule has 2 aromatic rings. The van der Waals surface area contributed by atoms with Crippen LogP contribution in [0.4, 0.5) is 0 Å². The maximum Gasteiger partial charge on any atom is 2.00 e. The third-order valence-electron chi connectivity index (χ3n) is 1.79. The molecule has 0 aliphatic carbocycles. The van der Waals surface area contributed by atoms with Gasteiger partial charge in [0.2, 0.25) is 0 Å². The maximum absolute atomic E-state index is 11.3. The number of aromatic nitrogens is 2. The van der Waals surface area contributed by atoms with Crippen LogP contribution in [0.1, 0.15) is 0 Å². The van der Waals surface area contributed by atoms with E-state index in [2.05, 4.69) is 0 Å². The normalized spacial score (nSPS) is 9.44. The molecule has 0 saturated carbocycles. The van der Waals surface area contributed by atoms with Crippen molar-refractivity contribution in [2.75, 3.05) is 0 Å². The molecular weight excluding hydrogens is 499 g/mol. The van der Waals surface area contributed by atoms with Crippen LogP contribution in [0.2, 0.25) is 0 Å². The van der Waals surface area contributed by atoms with Gasteiger partial charge in [0.15, 0.2) is 12.4 Å². The van der Waals surface area contributed by atoms with E-state index in [1.54, 1.807) is 36.4 Å². The Hall–Kier alpha value is 0.421. The predicted octanol–water partition coefficient (Wildman–Crippen LogP) is -5.76. The molecule has 0 radical (unpaired) electrons. The molecule has 0 aliphatic rings. The second-order valence-corrected chi connectivity index (χ2v) is 6.20. The molecule has 25 heavy (non-hydrogen) atoms. The predicted molar refractivity (Wildman–Crippen MR) is 68.3 cm³/mol. The molecule has 0 aromatic carbocycles. The number of rotatable bonds is 3. The molecule has 15 heteroatoms. The summed E-state index contributed by atoms with van der Waals surface area (Å²) in [6, 6.07) is 10.3. The van der Waals surface area contributed by atoms with E-state index in [1.165, 1.54) is 34.0 Å². The van der Waals surface area contributed by atoms with Crippen LogP contribution in [-0.4, -0.2) is 45.5 Å². The molecule has 10 nitrogen and oxygen atoms in total. The minimum Gasteiger partial charge on any atom is -0.618 e. The largest absolute Gasteiger partial charge is 2.00 e. The molecule has 0 bridgehead atoms. The van der Waals surface area contributed by atoms with Crippen LogP contribution < -0.4 is 37.4 Å². The first-order chi connectivity index (χ1) is 11.2. The standard InChI is InChI=1S/C10H8N2O2S2.2ClO3.Sr/c13-11-7-3-1-5-9(11)15-16-10-6-2-4-8-12(10)14;2*2-1(3)4;/h1-8H;;;/q;2*-1;+2. The molecule has 0 atom stereocenters. The van der Waals surface area contributed by atoms with Gasteiger partial charge in [-0.1, -0.05) is 0 Å². The second-order valence-electron chi connectivity index (χ2n) is 3.27. The molecule has 2 heterocycles. The molecule has 2 aromatic heterocycles. The number of nitrogens with zero attached hydrogens (tertiary/aromatic N) is 2. The van der Waals surface area contributed by atoms with Gasteiger partial charge >= 0.3 is 45.5 Å². The summed E-state index contributed by atoms with van der Waals surface area (Å²) in [5, 5.41) is 23.8. The third-order valence-corrected chi connectivity index (χ3v) is 4.12. The minimum atomic E-state index is -2.85. The summed E-state index contributed by atoms with van der Waals surface area (Å²) in [5.41, 5.74) is 0. The average Bonchev–Trinajstić information content (AvgIpc) is 2.47. The summed E-state index contributed by atoms with van der Waals surface area (Å²) in [6.45, 7) is 0. The first-order valence-corrected chi connectivity index (χ1v) is 9.41. The smallest absolute Gasteiger partial charge is 0.618 e. The van der Waals surface area contributed by atoms with E-state index >= 15 is 0 Å². The second kappa shape index (κ2) is 16.6. The van der Waals surface area contributed by atoms with Gasteiger partial charge in [0.05, 0.1) is 21.6 Å². The van der Waals surface area contributed by atoms with E-state index in [1.807, 2.05) is 0 Å². The summed E-state index contributed by atoms with van der Waals surface area (Å²) in [7, 11) is -3.18. The first-order valence-electron chi connectivity index (χ1n) is 5.41. The van der Waals surface area contributed by atoms with Crippen molar-refractivity contribution in [1.82, 2.24) is 0 Å². The Labute approximate surface area is 193 Å². The van der Waals surface area contributed by atoms with Crippen LogP contribution in [-0.2, 0) is 0 Å². The van der Waals surface area contributed by atoms with Gasteiger partial charge in [0, 0.05) is 45.9 Å². The summed E-state index contributed by atoms with van der Waals surface area (Å²) in [6.07, 6.45) is 2.86. The zero-order valence-corrected chi connectivity index (χ0v) is 18.7. The Morgan fingerprint density at radius 3 is 1.16 bits per heavy atom. The van der Waals surface area contributed by atoms with Gasteiger partial charge in [-0.2, -0.15) is 9.46 Å². The van der Waals surface area contributed by atoms with Crippen molar-refractivity contribution in [3.63, 3.8) is 0 Å². The summed E-state index contributed by atoms with van der Waals surface area (Å²) >= 11 is 0. The fourth-order valence-electron chi connectivity index (χ4n) is 1.04. The molecule has 0 aliphatic heterocycles. The summed E-state index contributed by atoms with van der Waals surface area (Å²) < 4.78 is 52.0. The SMILES string of the molecule is [O-][Cl+2]([O-])[O-].[O-][Cl+2]([O-])[O-].[O-][n+]1ccccc1SSc1cccc[n+]1[O-].[Sr+2]. The van der Waals surface area contributed by atoms with Gasteiger partial charge in [0.25, 0.3) is 10.1 Å². The average molecular weight is 507 g/mol. The van der Waals surface area contributed by atoms with E-state index < -0.39 is 21.6 Å². The molecule has 0 amide bonds. The van der Waals surface area contributed by atoms with Crippen molar-refractivity contribution in [3.8, 4) is 0 Å². The minimum absolute atomic E-state index is 0. The van der Waals surface area contributed by atoms with E-state index in [9.17, 15) is 10.4 Å². The van der Waals surface area contributed by atoms with Gasteiger partial charge in [0.1, 0.15) is 0 Å². The Morgan fingerprint density at radius 2 is 0.920 bits per heavy atom. The van der Waals surface area contributed by atoms with Crippen molar-refractivity contribution in [2.45, 2.75) is 10.1 Å². The fourth-order valence-corrected chi connectivity index (χ4v) is 3.03. The van der Waals surface area contributed by atoms with Crippen LogP contribution in [0.5, 0.6) is 0 Å². The zero-order valence-electron chi connectivity index (χ0n) is 12.1. The topological polar surface area (TPSA) is 192 Å². The van der Waals surface area contributed by atoms with Crippen molar-refractivity contribution in [1.29, 1.82) is 0 Å². The van der Waals surface area contributed by atoms with Crippen molar-refractivity contribution >= 4 is 67.1 Å². The van der Waals surface area contributed by atoms with Crippen LogP contribution in [0.3, 0.4) is 0 Å². The van der Waals surface area contributed by atoms with E-state index in [-0.39, 0.29) is 45.5 Å². The van der Waals surface area contributed by atoms with E-state index in [0.29, 0.717) is 10.1 Å². The molecule has 0 saturated heterocycles. The van der Waals surface area contributed by atoms with Gasteiger partial charge in [-0.15, -0.1) is 0 Å². The van der Waals surface area contributed by atoms with Crippen molar-refractivity contribution in [2.24, 2.45) is 0 Å². The van der Waals surface area contributed by atoms with Gasteiger partial charge < -0.3 is 38.4 Å². The maximum atomic E-state index is 11.3. The number of hydrogen-bond donors (Lipinski definition) is 0. The fraction of sp³-hybridized carbons (Fsp3) is 0. The van der Waals surface area contributed by atoms with Crippen molar-refractivity contribution < 1.29 is 59.0 Å². The van der Waals surface area contributed by atoms with E-state index in [0.717, 1.165) is 9.46 Å². The van der Waals surface area contributed by atoms with Crippen LogP contribution >= 0.6 is 21.6 Å². The Morgan fingerprint density at radius 1 is 0.640 bits per heavy atom. The van der Waals surface area contributed by atoms with Gasteiger partial charge in [-0.05, 0) is 12.1 Å². The first kappa shape index (κ1) is 27.6. The molecule has 0 fully saturated rings. The Balaban J connectivity index is 0. The third kappa shape index (κ3) is 16.3. The van der Waals surface area contributed by atoms with Crippen LogP contribution in [0.25, 0.3) is 0 Å². The molecular formula is C10H8Cl2N2O8S2Sr. The van der Waals surface area contributed by atoms with Crippen molar-refractivity contribution in [3.05, 3.63) is 59.2 Å². The van der Waals surface area contributed by atoms with Gasteiger partial charge in [-0.3, -0.25) is 0 Å². The molecule has 0 unspecified atom stereocenters. The Bertz CT molecular complexity index is 545. The summed E-state index contributed by atoms with van der Waals surface area (Å²) in [4.78, 5) is 0. The van der Waals surface area contributed by atoms with E-state index in [4.69, 9.17) is 28.0 Å². The number of pyridine rings is 2. The number of halogens is 2. The molecule has 134 valence electrons. The summed E-state index contributed by atoms with van der Waals surface area (Å²) in [5.74, 6) is 0. The Kier molecular flexibility index (Phi) is 18.3. The molecule has 0 N–H and O–H groups in total.